The first kappa shape index (κ1) is 19.6. The lowest BCUT2D eigenvalue weighted by molar-refractivity contribution is -0.136. The zero-order chi connectivity index (χ0) is 18.9. The van der Waals surface area contributed by atoms with Crippen LogP contribution in [0.1, 0.15) is 26.7 Å². The van der Waals surface area contributed by atoms with Crippen LogP contribution < -0.4 is 15.4 Å². The number of ether oxygens (including phenoxy) is 2. The minimum Gasteiger partial charge on any atom is -0.492 e. The minimum atomic E-state index is -0.745. The summed E-state index contributed by atoms with van der Waals surface area (Å²) in [5.41, 5.74) is 0.451. The number of hydrogen-bond donors (Lipinski definition) is 2. The average molecular weight is 363 g/mol. The predicted octanol–water partition coefficient (Wildman–Crippen LogP) is 1.76. The van der Waals surface area contributed by atoms with Crippen LogP contribution in [0.4, 0.5) is 10.5 Å². The van der Waals surface area contributed by atoms with Gasteiger partial charge in [-0.05, 0) is 38.8 Å². The number of carbonyl (C=O) groups is 3. The molecule has 1 fully saturated rings. The Morgan fingerprint density at radius 3 is 2.42 bits per heavy atom. The first-order chi connectivity index (χ1) is 12.5. The molecule has 0 aromatic heterocycles. The Balaban J connectivity index is 1.83. The van der Waals surface area contributed by atoms with Crippen molar-refractivity contribution in [3.8, 4) is 5.75 Å². The molecule has 8 heteroatoms. The van der Waals surface area contributed by atoms with Gasteiger partial charge in [-0.15, -0.1) is 0 Å². The maximum atomic E-state index is 12.1. The lowest BCUT2D eigenvalue weighted by Gasteiger charge is -2.31. The van der Waals surface area contributed by atoms with Gasteiger partial charge in [0.25, 0.3) is 0 Å². The Morgan fingerprint density at radius 2 is 1.77 bits per heavy atom. The molecule has 3 amide bonds. The molecular formula is C18H25N3O5. The van der Waals surface area contributed by atoms with Gasteiger partial charge in [0.15, 0.2) is 0 Å². The number of amides is 3. The van der Waals surface area contributed by atoms with Crippen molar-refractivity contribution >= 4 is 23.6 Å². The maximum Gasteiger partial charge on any atom is 0.409 e. The van der Waals surface area contributed by atoms with Gasteiger partial charge in [-0.2, -0.15) is 0 Å². The van der Waals surface area contributed by atoms with Crippen molar-refractivity contribution in [3.63, 3.8) is 0 Å². The van der Waals surface area contributed by atoms with Crippen LogP contribution in [0.3, 0.4) is 0 Å². The van der Waals surface area contributed by atoms with Crippen molar-refractivity contribution in [2.24, 2.45) is 0 Å². The second-order valence-electron chi connectivity index (χ2n) is 5.82. The summed E-state index contributed by atoms with van der Waals surface area (Å²) in [5.74, 6) is -0.935. The van der Waals surface area contributed by atoms with Crippen LogP contribution in [-0.4, -0.2) is 55.2 Å². The monoisotopic (exact) mass is 363 g/mol. The lowest BCUT2D eigenvalue weighted by atomic mass is 10.1. The van der Waals surface area contributed by atoms with E-state index in [9.17, 15) is 14.4 Å². The average Bonchev–Trinajstić information content (AvgIpc) is 2.64. The zero-order valence-electron chi connectivity index (χ0n) is 15.1. The van der Waals surface area contributed by atoms with E-state index in [1.165, 1.54) is 0 Å². The molecule has 0 saturated carbocycles. The Hall–Kier alpha value is -2.77. The van der Waals surface area contributed by atoms with Gasteiger partial charge in [0, 0.05) is 19.1 Å². The van der Waals surface area contributed by atoms with Crippen molar-refractivity contribution in [2.45, 2.75) is 32.7 Å². The summed E-state index contributed by atoms with van der Waals surface area (Å²) in [4.78, 5) is 37.5. The van der Waals surface area contributed by atoms with Gasteiger partial charge in [-0.25, -0.2) is 4.79 Å². The molecule has 2 rings (SSSR count). The Labute approximate surface area is 152 Å². The van der Waals surface area contributed by atoms with Crippen LogP contribution in [0.25, 0.3) is 0 Å². The summed E-state index contributed by atoms with van der Waals surface area (Å²) in [6.45, 7) is 5.36. The summed E-state index contributed by atoms with van der Waals surface area (Å²) >= 11 is 0. The molecule has 0 spiro atoms. The van der Waals surface area contributed by atoms with E-state index < -0.39 is 11.8 Å². The smallest absolute Gasteiger partial charge is 0.409 e. The third-order valence-electron chi connectivity index (χ3n) is 4.00. The Morgan fingerprint density at radius 1 is 1.08 bits per heavy atom. The normalized spacial score (nSPS) is 14.5. The van der Waals surface area contributed by atoms with E-state index in [0.717, 1.165) is 0 Å². The molecule has 8 nitrogen and oxygen atoms in total. The summed E-state index contributed by atoms with van der Waals surface area (Å²) < 4.78 is 10.4. The van der Waals surface area contributed by atoms with Crippen molar-refractivity contribution in [1.82, 2.24) is 10.2 Å². The summed E-state index contributed by atoms with van der Waals surface area (Å²) in [5, 5.41) is 5.28. The zero-order valence-corrected chi connectivity index (χ0v) is 15.1. The molecule has 0 unspecified atom stereocenters. The van der Waals surface area contributed by atoms with Crippen LogP contribution in [0.2, 0.25) is 0 Å². The molecule has 26 heavy (non-hydrogen) atoms. The van der Waals surface area contributed by atoms with E-state index in [-0.39, 0.29) is 12.1 Å². The highest BCUT2D eigenvalue weighted by Crippen LogP contribution is 2.23. The molecular weight excluding hydrogens is 338 g/mol. The molecule has 1 saturated heterocycles. The highest BCUT2D eigenvalue weighted by Gasteiger charge is 2.26. The largest absolute Gasteiger partial charge is 0.492 e. The molecule has 0 aliphatic carbocycles. The van der Waals surface area contributed by atoms with Crippen LogP contribution >= 0.6 is 0 Å². The van der Waals surface area contributed by atoms with E-state index in [4.69, 9.17) is 9.47 Å². The third-order valence-corrected chi connectivity index (χ3v) is 4.00. The number of likely N-dealkylation sites (tertiary alicyclic amines) is 1. The van der Waals surface area contributed by atoms with Gasteiger partial charge in [-0.1, -0.05) is 12.1 Å². The van der Waals surface area contributed by atoms with Crippen LogP contribution in [0.5, 0.6) is 5.75 Å². The quantitative estimate of drug-likeness (QED) is 0.777. The van der Waals surface area contributed by atoms with E-state index in [2.05, 4.69) is 10.6 Å². The Bertz CT molecular complexity index is 641. The number of nitrogens with one attached hydrogen (secondary N) is 2. The predicted molar refractivity (Wildman–Crippen MR) is 96.0 cm³/mol. The van der Waals surface area contributed by atoms with E-state index >= 15 is 0 Å². The summed E-state index contributed by atoms with van der Waals surface area (Å²) in [7, 11) is 0. The fraction of sp³-hybridized carbons (Fsp3) is 0.500. The molecule has 1 aliphatic heterocycles. The number of piperidine rings is 1. The highest BCUT2D eigenvalue weighted by molar-refractivity contribution is 6.39. The van der Waals surface area contributed by atoms with Gasteiger partial charge in [0.05, 0.1) is 18.9 Å². The second kappa shape index (κ2) is 9.65. The van der Waals surface area contributed by atoms with Gasteiger partial charge in [0.2, 0.25) is 0 Å². The van der Waals surface area contributed by atoms with Crippen molar-refractivity contribution in [2.75, 3.05) is 31.6 Å². The number of para-hydroxylation sites is 2. The SMILES string of the molecule is CCOC(=O)N1CCC(NC(=O)C(=O)Nc2ccccc2OCC)CC1. The van der Waals surface area contributed by atoms with E-state index in [0.29, 0.717) is 50.6 Å². The van der Waals surface area contributed by atoms with Crippen molar-refractivity contribution in [1.29, 1.82) is 0 Å². The van der Waals surface area contributed by atoms with Crippen LogP contribution in [-0.2, 0) is 14.3 Å². The number of rotatable bonds is 5. The Kier molecular flexibility index (Phi) is 7.25. The molecule has 2 N–H and O–H groups in total. The molecule has 1 heterocycles. The number of benzene rings is 1. The lowest BCUT2D eigenvalue weighted by Crippen LogP contribution is -2.49. The fourth-order valence-electron chi connectivity index (χ4n) is 2.70. The fourth-order valence-corrected chi connectivity index (χ4v) is 2.70. The standard InChI is InChI=1S/C18H25N3O5/c1-3-25-15-8-6-5-7-14(15)20-17(23)16(22)19-13-9-11-21(12-10-13)18(24)26-4-2/h5-8,13H,3-4,9-12H2,1-2H3,(H,19,22)(H,20,23). The van der Waals surface area contributed by atoms with Crippen molar-refractivity contribution < 1.29 is 23.9 Å². The molecule has 0 bridgehead atoms. The van der Waals surface area contributed by atoms with Gasteiger partial charge < -0.3 is 25.0 Å². The van der Waals surface area contributed by atoms with Gasteiger partial charge in [-0.3, -0.25) is 9.59 Å². The molecule has 1 aromatic rings. The minimum absolute atomic E-state index is 0.152. The molecule has 0 atom stereocenters. The van der Waals surface area contributed by atoms with Crippen LogP contribution in [0, 0.1) is 0 Å². The maximum absolute atomic E-state index is 12.1. The first-order valence-electron chi connectivity index (χ1n) is 8.80. The first-order valence-corrected chi connectivity index (χ1v) is 8.80. The number of carbonyl (C=O) groups excluding carboxylic acids is 3. The molecule has 1 aromatic carbocycles. The third kappa shape index (κ3) is 5.37. The number of hydrogen-bond acceptors (Lipinski definition) is 5. The summed E-state index contributed by atoms with van der Waals surface area (Å²) in [6.07, 6.45) is 0.809. The molecule has 1 aliphatic rings. The number of nitrogens with zero attached hydrogens (tertiary/aromatic N) is 1. The van der Waals surface area contributed by atoms with E-state index in [1.807, 2.05) is 6.92 Å². The highest BCUT2D eigenvalue weighted by atomic mass is 16.6. The summed E-state index contributed by atoms with van der Waals surface area (Å²) in [6, 6.07) is 6.79. The van der Waals surface area contributed by atoms with E-state index in [1.54, 1.807) is 36.1 Å². The topological polar surface area (TPSA) is 97.0 Å². The van der Waals surface area contributed by atoms with Crippen molar-refractivity contribution in [3.05, 3.63) is 24.3 Å². The molecule has 0 radical (unpaired) electrons. The molecule has 142 valence electrons. The van der Waals surface area contributed by atoms with Gasteiger partial charge >= 0.3 is 17.9 Å². The second-order valence-corrected chi connectivity index (χ2v) is 5.82. The van der Waals surface area contributed by atoms with Crippen LogP contribution in [0.15, 0.2) is 24.3 Å². The van der Waals surface area contributed by atoms with Gasteiger partial charge in [0.1, 0.15) is 5.75 Å². The number of anilines is 1.